The van der Waals surface area contributed by atoms with Gasteiger partial charge in [-0.25, -0.2) is 0 Å². The molecule has 0 radical (unpaired) electrons. The molecule has 1 fully saturated rings. The van der Waals surface area contributed by atoms with E-state index in [0.29, 0.717) is 12.0 Å². The Kier molecular flexibility index (Phi) is 3.85. The average Bonchev–Trinajstić information content (AvgIpc) is 2.35. The summed E-state index contributed by atoms with van der Waals surface area (Å²) < 4.78 is 5.40. The van der Waals surface area contributed by atoms with Gasteiger partial charge in [-0.3, -0.25) is 0 Å². The highest BCUT2D eigenvalue weighted by molar-refractivity contribution is 5.34. The molecule has 0 spiro atoms. The maximum Gasteiger partial charge on any atom is 0.122 e. The van der Waals surface area contributed by atoms with Crippen molar-refractivity contribution in [2.75, 3.05) is 13.7 Å². The number of methoxy groups -OCH3 is 1. The van der Waals surface area contributed by atoms with Gasteiger partial charge in [0, 0.05) is 6.04 Å². The molecule has 2 heteroatoms. The lowest BCUT2D eigenvalue weighted by atomic mass is 9.85. The van der Waals surface area contributed by atoms with Gasteiger partial charge in [-0.1, -0.05) is 37.3 Å². The van der Waals surface area contributed by atoms with Crippen molar-refractivity contribution in [2.45, 2.75) is 25.8 Å². The zero-order valence-corrected chi connectivity index (χ0v) is 10.7. The standard InChI is InChI=1S/C15H21NO/c1-11-8-9-16-14(12(11)2)10-13-6-4-5-7-15(13)17-3/h4-7,12,14,16H,1,8-10H2,2-3H3. The second-order valence-corrected chi connectivity index (χ2v) is 4.77. The highest BCUT2D eigenvalue weighted by Gasteiger charge is 2.24. The summed E-state index contributed by atoms with van der Waals surface area (Å²) in [4.78, 5) is 0. The maximum atomic E-state index is 5.40. The summed E-state index contributed by atoms with van der Waals surface area (Å²) in [6.45, 7) is 7.46. The van der Waals surface area contributed by atoms with Crippen LogP contribution in [0, 0.1) is 5.92 Å². The third-order valence-electron chi connectivity index (χ3n) is 3.73. The van der Waals surface area contributed by atoms with Gasteiger partial charge in [0.25, 0.3) is 0 Å². The molecule has 0 aliphatic carbocycles. The highest BCUT2D eigenvalue weighted by Crippen LogP contribution is 2.26. The number of hydrogen-bond donors (Lipinski definition) is 1. The number of para-hydroxylation sites is 1. The molecular weight excluding hydrogens is 210 g/mol. The van der Waals surface area contributed by atoms with Gasteiger partial charge < -0.3 is 10.1 Å². The van der Waals surface area contributed by atoms with E-state index in [1.165, 1.54) is 11.1 Å². The number of ether oxygens (including phenoxy) is 1. The molecule has 0 amide bonds. The first kappa shape index (κ1) is 12.2. The molecule has 1 aromatic carbocycles. The van der Waals surface area contributed by atoms with Crippen molar-refractivity contribution in [2.24, 2.45) is 5.92 Å². The van der Waals surface area contributed by atoms with Crippen LogP contribution in [0.3, 0.4) is 0 Å². The summed E-state index contributed by atoms with van der Waals surface area (Å²) in [6, 6.07) is 8.73. The van der Waals surface area contributed by atoms with E-state index in [2.05, 4.69) is 31.0 Å². The predicted molar refractivity (Wildman–Crippen MR) is 71.4 cm³/mol. The molecule has 1 saturated heterocycles. The fourth-order valence-electron chi connectivity index (χ4n) is 2.46. The minimum atomic E-state index is 0.479. The van der Waals surface area contributed by atoms with E-state index in [9.17, 15) is 0 Å². The van der Waals surface area contributed by atoms with Crippen LogP contribution in [0.4, 0.5) is 0 Å². The molecule has 1 N–H and O–H groups in total. The van der Waals surface area contributed by atoms with E-state index in [1.807, 2.05) is 12.1 Å². The van der Waals surface area contributed by atoms with Crippen LogP contribution in [0.15, 0.2) is 36.4 Å². The second-order valence-electron chi connectivity index (χ2n) is 4.77. The molecule has 92 valence electrons. The lowest BCUT2D eigenvalue weighted by Crippen LogP contribution is -2.42. The molecule has 1 heterocycles. The van der Waals surface area contributed by atoms with Gasteiger partial charge >= 0.3 is 0 Å². The summed E-state index contributed by atoms with van der Waals surface area (Å²) in [6.07, 6.45) is 2.10. The van der Waals surface area contributed by atoms with Crippen LogP contribution in [0.2, 0.25) is 0 Å². The SMILES string of the molecule is C=C1CCNC(Cc2ccccc2OC)C1C. The van der Waals surface area contributed by atoms with Crippen molar-refractivity contribution < 1.29 is 4.74 Å². The van der Waals surface area contributed by atoms with Gasteiger partial charge in [0.1, 0.15) is 5.75 Å². The Morgan fingerprint density at radius 3 is 2.94 bits per heavy atom. The van der Waals surface area contributed by atoms with Gasteiger partial charge in [-0.15, -0.1) is 0 Å². The van der Waals surface area contributed by atoms with Crippen molar-refractivity contribution in [3.05, 3.63) is 42.0 Å². The van der Waals surface area contributed by atoms with E-state index in [-0.39, 0.29) is 0 Å². The Morgan fingerprint density at radius 2 is 2.18 bits per heavy atom. The first-order valence-electron chi connectivity index (χ1n) is 6.25. The minimum absolute atomic E-state index is 0.479. The number of nitrogens with one attached hydrogen (secondary N) is 1. The summed E-state index contributed by atoms with van der Waals surface area (Å²) in [5, 5.41) is 3.58. The van der Waals surface area contributed by atoms with E-state index < -0.39 is 0 Å². The summed E-state index contributed by atoms with van der Waals surface area (Å²) in [5.74, 6) is 1.52. The Morgan fingerprint density at radius 1 is 1.41 bits per heavy atom. The monoisotopic (exact) mass is 231 g/mol. The summed E-state index contributed by atoms with van der Waals surface area (Å²) in [7, 11) is 1.73. The Bertz CT molecular complexity index is 400. The van der Waals surface area contributed by atoms with Crippen LogP contribution in [-0.2, 0) is 6.42 Å². The van der Waals surface area contributed by atoms with Crippen LogP contribution in [0.5, 0.6) is 5.75 Å². The first-order valence-corrected chi connectivity index (χ1v) is 6.25. The smallest absolute Gasteiger partial charge is 0.122 e. The molecule has 2 atom stereocenters. The van der Waals surface area contributed by atoms with Gasteiger partial charge in [0.15, 0.2) is 0 Å². The normalized spacial score (nSPS) is 24.7. The van der Waals surface area contributed by atoms with Crippen LogP contribution >= 0.6 is 0 Å². The fourth-order valence-corrected chi connectivity index (χ4v) is 2.46. The van der Waals surface area contributed by atoms with Crippen molar-refractivity contribution in [1.82, 2.24) is 5.32 Å². The number of benzene rings is 1. The molecule has 2 nitrogen and oxygen atoms in total. The van der Waals surface area contributed by atoms with Crippen molar-refractivity contribution in [3.63, 3.8) is 0 Å². The van der Waals surface area contributed by atoms with Crippen LogP contribution in [0.25, 0.3) is 0 Å². The van der Waals surface area contributed by atoms with Crippen molar-refractivity contribution >= 4 is 0 Å². The van der Waals surface area contributed by atoms with Crippen LogP contribution < -0.4 is 10.1 Å². The van der Waals surface area contributed by atoms with Crippen molar-refractivity contribution in [3.8, 4) is 5.75 Å². The Labute approximate surface area is 104 Å². The topological polar surface area (TPSA) is 21.3 Å². The summed E-state index contributed by atoms with van der Waals surface area (Å²) in [5.41, 5.74) is 2.64. The van der Waals surface area contributed by atoms with E-state index in [4.69, 9.17) is 4.74 Å². The molecule has 2 unspecified atom stereocenters. The van der Waals surface area contributed by atoms with Crippen molar-refractivity contribution in [1.29, 1.82) is 0 Å². The van der Waals surface area contributed by atoms with Gasteiger partial charge in [-0.05, 0) is 36.9 Å². The fraction of sp³-hybridized carbons (Fsp3) is 0.467. The molecule has 2 rings (SSSR count). The Hall–Kier alpha value is -1.28. The molecule has 0 bridgehead atoms. The third kappa shape index (κ3) is 2.70. The number of piperidine rings is 1. The molecular formula is C15H21NO. The predicted octanol–water partition coefficient (Wildman–Crippen LogP) is 2.79. The Balaban J connectivity index is 2.12. The molecule has 1 aliphatic heterocycles. The lowest BCUT2D eigenvalue weighted by molar-refractivity contribution is 0.359. The van der Waals surface area contributed by atoms with E-state index >= 15 is 0 Å². The molecule has 17 heavy (non-hydrogen) atoms. The number of hydrogen-bond acceptors (Lipinski definition) is 2. The van der Waals surface area contributed by atoms with E-state index in [0.717, 1.165) is 25.1 Å². The lowest BCUT2D eigenvalue weighted by Gasteiger charge is -2.32. The highest BCUT2D eigenvalue weighted by atomic mass is 16.5. The van der Waals surface area contributed by atoms with E-state index in [1.54, 1.807) is 7.11 Å². The zero-order valence-electron chi connectivity index (χ0n) is 10.7. The van der Waals surface area contributed by atoms with Crippen LogP contribution in [0.1, 0.15) is 18.9 Å². The first-order chi connectivity index (χ1) is 8.22. The van der Waals surface area contributed by atoms with Gasteiger partial charge in [-0.2, -0.15) is 0 Å². The van der Waals surface area contributed by atoms with Gasteiger partial charge in [0.05, 0.1) is 7.11 Å². The molecule has 1 aromatic rings. The maximum absolute atomic E-state index is 5.40. The second kappa shape index (κ2) is 5.37. The average molecular weight is 231 g/mol. The molecule has 0 aromatic heterocycles. The molecule has 0 saturated carbocycles. The zero-order chi connectivity index (χ0) is 12.3. The molecule has 1 aliphatic rings. The van der Waals surface area contributed by atoms with Gasteiger partial charge in [0.2, 0.25) is 0 Å². The van der Waals surface area contributed by atoms with Crippen LogP contribution in [-0.4, -0.2) is 19.7 Å². The summed E-state index contributed by atoms with van der Waals surface area (Å²) >= 11 is 0. The number of rotatable bonds is 3. The quantitative estimate of drug-likeness (QED) is 0.808. The minimum Gasteiger partial charge on any atom is -0.496 e. The third-order valence-corrected chi connectivity index (χ3v) is 3.73. The largest absolute Gasteiger partial charge is 0.496 e.